The van der Waals surface area contributed by atoms with Crippen molar-refractivity contribution in [3.05, 3.63) is 65.5 Å². The van der Waals surface area contributed by atoms with Crippen LogP contribution in [0.2, 0.25) is 0 Å². The summed E-state index contributed by atoms with van der Waals surface area (Å²) in [7, 11) is -0.986. The summed E-state index contributed by atoms with van der Waals surface area (Å²) in [6.07, 6.45) is 1.61. The van der Waals surface area contributed by atoms with Crippen molar-refractivity contribution in [3.63, 3.8) is 0 Å². The zero-order valence-corrected chi connectivity index (χ0v) is 16.4. The van der Waals surface area contributed by atoms with E-state index in [0.29, 0.717) is 35.1 Å². The fourth-order valence-electron chi connectivity index (χ4n) is 2.59. The SMILES string of the molecule is CCOc1ccccc1-c1noc(COC(=O)c2cccc(CS(C)=O)c2)n1. The summed E-state index contributed by atoms with van der Waals surface area (Å²) in [6, 6.07) is 14.2. The molecule has 1 aromatic heterocycles. The molecule has 146 valence electrons. The van der Waals surface area contributed by atoms with Crippen molar-refractivity contribution in [3.8, 4) is 17.1 Å². The third kappa shape index (κ3) is 5.04. The van der Waals surface area contributed by atoms with E-state index in [0.717, 1.165) is 5.56 Å². The van der Waals surface area contributed by atoms with E-state index in [1.165, 1.54) is 0 Å². The lowest BCUT2D eigenvalue weighted by Crippen LogP contribution is -2.06. The topological polar surface area (TPSA) is 91.5 Å². The second-order valence-electron chi connectivity index (χ2n) is 5.93. The number of hydrogen-bond acceptors (Lipinski definition) is 7. The molecule has 0 aliphatic carbocycles. The lowest BCUT2D eigenvalue weighted by Gasteiger charge is -2.06. The molecule has 3 aromatic rings. The molecule has 1 atom stereocenters. The van der Waals surface area contributed by atoms with Gasteiger partial charge in [-0.15, -0.1) is 0 Å². The van der Waals surface area contributed by atoms with Crippen molar-refractivity contribution in [2.24, 2.45) is 0 Å². The maximum atomic E-state index is 12.3. The lowest BCUT2D eigenvalue weighted by molar-refractivity contribution is 0.0429. The molecule has 1 unspecified atom stereocenters. The van der Waals surface area contributed by atoms with E-state index in [4.69, 9.17) is 14.0 Å². The molecule has 0 amide bonds. The molecule has 7 nitrogen and oxygen atoms in total. The number of ether oxygens (including phenoxy) is 2. The molecule has 0 bridgehead atoms. The van der Waals surface area contributed by atoms with Gasteiger partial charge in [0.2, 0.25) is 5.82 Å². The van der Waals surface area contributed by atoms with Crippen molar-refractivity contribution >= 4 is 16.8 Å². The van der Waals surface area contributed by atoms with Crippen molar-refractivity contribution in [1.29, 1.82) is 0 Å². The van der Waals surface area contributed by atoms with Crippen LogP contribution >= 0.6 is 0 Å². The minimum absolute atomic E-state index is 0.146. The van der Waals surface area contributed by atoms with Gasteiger partial charge in [-0.05, 0) is 36.8 Å². The van der Waals surface area contributed by atoms with Crippen LogP contribution in [0, 0.1) is 0 Å². The lowest BCUT2D eigenvalue weighted by atomic mass is 10.1. The fraction of sp³-hybridized carbons (Fsp3) is 0.250. The summed E-state index contributed by atoms with van der Waals surface area (Å²) in [5.74, 6) is 1.06. The average Bonchev–Trinajstić information content (AvgIpc) is 3.15. The van der Waals surface area contributed by atoms with Crippen LogP contribution in [0.25, 0.3) is 11.4 Å². The van der Waals surface area contributed by atoms with Gasteiger partial charge in [-0.1, -0.05) is 29.4 Å². The van der Waals surface area contributed by atoms with Gasteiger partial charge in [-0.2, -0.15) is 4.98 Å². The van der Waals surface area contributed by atoms with E-state index in [9.17, 15) is 9.00 Å². The number of esters is 1. The highest BCUT2D eigenvalue weighted by Crippen LogP contribution is 2.27. The quantitative estimate of drug-likeness (QED) is 0.535. The molecular formula is C20H20N2O5S. The summed E-state index contributed by atoms with van der Waals surface area (Å²) < 4.78 is 27.4. The molecule has 0 N–H and O–H groups in total. The first-order valence-corrected chi connectivity index (χ1v) is 10.4. The zero-order valence-electron chi connectivity index (χ0n) is 15.6. The number of benzene rings is 2. The van der Waals surface area contributed by atoms with E-state index in [-0.39, 0.29) is 12.5 Å². The highest BCUT2D eigenvalue weighted by Gasteiger charge is 2.15. The Morgan fingerprint density at radius 1 is 1.18 bits per heavy atom. The fourth-order valence-corrected chi connectivity index (χ4v) is 3.24. The summed E-state index contributed by atoms with van der Waals surface area (Å²) in [5.41, 5.74) is 1.89. The minimum Gasteiger partial charge on any atom is -0.493 e. The molecule has 0 saturated carbocycles. The normalized spacial score (nSPS) is 11.8. The molecular weight excluding hydrogens is 380 g/mol. The maximum Gasteiger partial charge on any atom is 0.338 e. The summed E-state index contributed by atoms with van der Waals surface area (Å²) in [6.45, 7) is 2.27. The number of nitrogens with zero attached hydrogens (tertiary/aromatic N) is 2. The molecule has 8 heteroatoms. The molecule has 28 heavy (non-hydrogen) atoms. The number of carbonyl (C=O) groups is 1. The minimum atomic E-state index is -0.986. The Balaban J connectivity index is 1.66. The predicted molar refractivity (Wildman–Crippen MR) is 104 cm³/mol. The Hall–Kier alpha value is -3.00. The summed E-state index contributed by atoms with van der Waals surface area (Å²) in [4.78, 5) is 16.5. The van der Waals surface area contributed by atoms with E-state index in [1.54, 1.807) is 24.5 Å². The monoisotopic (exact) mass is 400 g/mol. The van der Waals surface area contributed by atoms with Crippen molar-refractivity contribution in [1.82, 2.24) is 10.1 Å². The number of para-hydroxylation sites is 1. The molecule has 0 radical (unpaired) electrons. The van der Waals surface area contributed by atoms with Crippen LogP contribution in [0.4, 0.5) is 0 Å². The van der Waals surface area contributed by atoms with Crippen LogP contribution in [-0.4, -0.2) is 33.2 Å². The first-order valence-electron chi connectivity index (χ1n) is 8.67. The third-order valence-corrected chi connectivity index (χ3v) is 4.50. The smallest absolute Gasteiger partial charge is 0.338 e. The molecule has 0 spiro atoms. The van der Waals surface area contributed by atoms with Crippen molar-refractivity contribution in [2.75, 3.05) is 12.9 Å². The molecule has 1 heterocycles. The number of hydrogen-bond donors (Lipinski definition) is 0. The van der Waals surface area contributed by atoms with Crippen LogP contribution in [0.5, 0.6) is 5.75 Å². The standard InChI is InChI=1S/C20H20N2O5S/c1-3-25-17-10-5-4-9-16(17)19-21-18(27-22-19)12-26-20(23)15-8-6-7-14(11-15)13-28(2)24/h4-11H,3,12-13H2,1-2H3. The van der Waals surface area contributed by atoms with Gasteiger partial charge in [0.1, 0.15) is 5.75 Å². The number of rotatable bonds is 8. The van der Waals surface area contributed by atoms with Gasteiger partial charge < -0.3 is 14.0 Å². The van der Waals surface area contributed by atoms with Gasteiger partial charge in [0.05, 0.1) is 17.7 Å². The Morgan fingerprint density at radius 2 is 2.00 bits per heavy atom. The second-order valence-corrected chi connectivity index (χ2v) is 7.37. The van der Waals surface area contributed by atoms with E-state index in [1.807, 2.05) is 37.3 Å². The third-order valence-electron chi connectivity index (χ3n) is 3.76. The summed E-state index contributed by atoms with van der Waals surface area (Å²) >= 11 is 0. The van der Waals surface area contributed by atoms with E-state index >= 15 is 0 Å². The van der Waals surface area contributed by atoms with E-state index in [2.05, 4.69) is 10.1 Å². The Kier molecular flexibility index (Phi) is 6.54. The first kappa shape index (κ1) is 19.8. The Morgan fingerprint density at radius 3 is 2.79 bits per heavy atom. The van der Waals surface area contributed by atoms with Gasteiger partial charge >= 0.3 is 5.97 Å². The van der Waals surface area contributed by atoms with Crippen molar-refractivity contribution < 1.29 is 23.0 Å². The molecule has 0 aliphatic rings. The molecule has 2 aromatic carbocycles. The first-order chi connectivity index (χ1) is 13.6. The molecule has 0 aliphatic heterocycles. The van der Waals surface area contributed by atoms with E-state index < -0.39 is 16.8 Å². The summed E-state index contributed by atoms with van der Waals surface area (Å²) in [5, 5.41) is 3.94. The molecule has 0 saturated heterocycles. The van der Waals surface area contributed by atoms with Crippen LogP contribution in [0.1, 0.15) is 28.7 Å². The van der Waals surface area contributed by atoms with Gasteiger partial charge in [0.25, 0.3) is 5.89 Å². The Labute approximate surface area is 165 Å². The van der Waals surface area contributed by atoms with Crippen LogP contribution < -0.4 is 4.74 Å². The van der Waals surface area contributed by atoms with Gasteiger partial charge in [-0.3, -0.25) is 4.21 Å². The van der Waals surface area contributed by atoms with Crippen LogP contribution in [0.3, 0.4) is 0 Å². The molecule has 3 rings (SSSR count). The van der Waals surface area contributed by atoms with Crippen LogP contribution in [-0.2, 0) is 27.9 Å². The van der Waals surface area contributed by atoms with Gasteiger partial charge in [-0.25, -0.2) is 4.79 Å². The largest absolute Gasteiger partial charge is 0.493 e. The number of carbonyl (C=O) groups excluding carboxylic acids is 1. The number of aromatic nitrogens is 2. The second kappa shape index (κ2) is 9.27. The van der Waals surface area contributed by atoms with Crippen molar-refractivity contribution in [2.45, 2.75) is 19.3 Å². The van der Waals surface area contributed by atoms with Gasteiger partial charge in [0, 0.05) is 22.8 Å². The highest BCUT2D eigenvalue weighted by atomic mass is 32.2. The Bertz CT molecular complexity index is 986. The maximum absolute atomic E-state index is 12.3. The molecule has 0 fully saturated rings. The van der Waals surface area contributed by atoms with Crippen LogP contribution in [0.15, 0.2) is 53.1 Å². The average molecular weight is 400 g/mol. The highest BCUT2D eigenvalue weighted by molar-refractivity contribution is 7.83. The van der Waals surface area contributed by atoms with Gasteiger partial charge in [0.15, 0.2) is 6.61 Å². The zero-order chi connectivity index (χ0) is 19.9. The predicted octanol–water partition coefficient (Wildman–Crippen LogP) is 3.37.